The number of ether oxygens (including phenoxy) is 2. The van der Waals surface area contributed by atoms with Crippen LogP contribution in [0.3, 0.4) is 0 Å². The van der Waals surface area contributed by atoms with E-state index >= 15 is 0 Å². The van der Waals surface area contributed by atoms with Crippen LogP contribution in [-0.2, 0) is 25.8 Å². The second-order valence-corrected chi connectivity index (χ2v) is 9.39. The number of hydrogen-bond donors (Lipinski definition) is 1. The Morgan fingerprint density at radius 3 is 1.55 bits per heavy atom. The van der Waals surface area contributed by atoms with Gasteiger partial charge in [-0.15, -0.1) is 6.07 Å². The van der Waals surface area contributed by atoms with E-state index in [0.29, 0.717) is 36.1 Å². The van der Waals surface area contributed by atoms with E-state index in [1.807, 2.05) is 42.5 Å². The van der Waals surface area contributed by atoms with Crippen molar-refractivity contribution >= 4 is 47.5 Å². The molecule has 0 aliphatic heterocycles. The molecule has 0 aliphatic carbocycles. The molecule has 0 radical (unpaired) electrons. The van der Waals surface area contributed by atoms with Crippen LogP contribution in [0.25, 0.3) is 22.9 Å². The van der Waals surface area contributed by atoms with Gasteiger partial charge in [-0.25, -0.2) is 14.6 Å². The van der Waals surface area contributed by atoms with Crippen molar-refractivity contribution in [1.29, 1.82) is 0 Å². The summed E-state index contributed by atoms with van der Waals surface area (Å²) < 4.78 is 25.4. The maximum atomic E-state index is 11.4. The first kappa shape index (κ1) is 40.5. The topological polar surface area (TPSA) is 168 Å². The third-order valence-electron chi connectivity index (χ3n) is 5.31. The molecule has 6 heterocycles. The van der Waals surface area contributed by atoms with Gasteiger partial charge in [0.1, 0.15) is 16.0 Å². The molecule has 49 heavy (non-hydrogen) atoms. The number of esters is 2. The van der Waals surface area contributed by atoms with E-state index in [9.17, 15) is 14.4 Å². The summed E-state index contributed by atoms with van der Waals surface area (Å²) in [4.78, 5) is 44.7. The van der Waals surface area contributed by atoms with Crippen LogP contribution in [-0.4, -0.2) is 51.2 Å². The number of carbonyl (C=O) groups is 3. The summed E-state index contributed by atoms with van der Waals surface area (Å²) in [5.74, 6) is -0.637. The third kappa shape index (κ3) is 14.9. The molecule has 12 nitrogen and oxygen atoms in total. The van der Waals surface area contributed by atoms with E-state index in [0.717, 1.165) is 4.60 Å². The van der Waals surface area contributed by atoms with E-state index in [1.54, 1.807) is 62.8 Å². The van der Waals surface area contributed by atoms with Crippen LogP contribution < -0.4 is 0 Å². The first-order chi connectivity index (χ1) is 23.8. The van der Waals surface area contributed by atoms with Crippen LogP contribution in [0.2, 0.25) is 0 Å². The molecule has 0 aliphatic rings. The predicted octanol–water partition coefficient (Wildman–Crippen LogP) is 8.50. The fraction of sp³-hybridized carbons (Fsp3) is 0.118. The summed E-state index contributed by atoms with van der Waals surface area (Å²) >= 11 is 7.45. The first-order valence-electron chi connectivity index (χ1n) is 14.2. The number of halogens is 2. The van der Waals surface area contributed by atoms with Crippen LogP contribution >= 0.6 is 29.6 Å². The number of hydrogen-bond acceptors (Lipinski definition) is 11. The van der Waals surface area contributed by atoms with E-state index in [4.69, 9.17) is 18.7 Å². The van der Waals surface area contributed by atoms with Crippen molar-refractivity contribution in [2.75, 3.05) is 13.2 Å². The minimum absolute atomic E-state index is 0.0781. The summed E-state index contributed by atoms with van der Waals surface area (Å²) in [5.41, 5.74) is 1.32. The van der Waals surface area contributed by atoms with Gasteiger partial charge < -0.3 is 27.8 Å². The number of nitrogens with zero attached hydrogens (tertiary/aromatic N) is 3. The molecular weight excluding hydrogens is 820 g/mol. The second kappa shape index (κ2) is 23.6. The molecule has 0 fully saturated rings. The SMILES string of the molecule is Brc1ccccn1.CCOC(=O)c1cc[c-]o1.CCOC(=O)c1ccc(-c2ccccn2)o1.O=C(O)c1ccc(-c2ccccn2)o1.[Zn+][Br]. The zero-order valence-electron chi connectivity index (χ0n) is 26.3. The normalized spacial score (nSPS) is 9.43. The summed E-state index contributed by atoms with van der Waals surface area (Å²) in [6.07, 6.45) is 7.43. The summed E-state index contributed by atoms with van der Waals surface area (Å²) in [6, 6.07) is 25.8. The molecule has 0 atom stereocenters. The number of carbonyl (C=O) groups excluding carboxylic acids is 2. The van der Waals surface area contributed by atoms with Crippen LogP contribution in [0.15, 0.2) is 127 Å². The van der Waals surface area contributed by atoms with Gasteiger partial charge in [0.2, 0.25) is 11.5 Å². The minimum atomic E-state index is -1.08. The fourth-order valence-electron chi connectivity index (χ4n) is 3.29. The average Bonchev–Trinajstić information content (AvgIpc) is 3.95. The zero-order chi connectivity index (χ0) is 35.9. The molecule has 6 aromatic rings. The Labute approximate surface area is 307 Å². The average molecular weight is 849 g/mol. The molecule has 6 rings (SSSR count). The maximum absolute atomic E-state index is 11.4. The van der Waals surface area contributed by atoms with Gasteiger partial charge in [0.05, 0.1) is 19.0 Å². The van der Waals surface area contributed by atoms with Gasteiger partial charge in [-0.05, 0) is 96.7 Å². The molecule has 15 heteroatoms. The molecule has 0 saturated carbocycles. The van der Waals surface area contributed by atoms with E-state index in [2.05, 4.69) is 59.9 Å². The molecular formula is C34H29Br2N3O9Zn. The third-order valence-corrected chi connectivity index (χ3v) is 5.78. The Morgan fingerprint density at radius 1 is 0.694 bits per heavy atom. The van der Waals surface area contributed by atoms with Crippen molar-refractivity contribution in [3.05, 3.63) is 138 Å². The van der Waals surface area contributed by atoms with Gasteiger partial charge in [0, 0.05) is 18.6 Å². The van der Waals surface area contributed by atoms with E-state index in [-0.39, 0.29) is 17.3 Å². The van der Waals surface area contributed by atoms with Gasteiger partial charge in [-0.3, -0.25) is 14.8 Å². The Balaban J connectivity index is 0.000000231. The number of pyridine rings is 3. The number of aromatic nitrogens is 3. The van der Waals surface area contributed by atoms with Gasteiger partial charge in [0.25, 0.3) is 0 Å². The number of furan rings is 3. The molecule has 0 saturated heterocycles. The molecule has 1 N–H and O–H groups in total. The van der Waals surface area contributed by atoms with Crippen molar-refractivity contribution in [2.24, 2.45) is 0 Å². The Kier molecular flexibility index (Phi) is 19.5. The quantitative estimate of drug-likeness (QED) is 0.0705. The molecule has 250 valence electrons. The Hall–Kier alpha value is -4.72. The number of aromatic carboxylic acids is 1. The van der Waals surface area contributed by atoms with Crippen molar-refractivity contribution in [3.63, 3.8) is 0 Å². The van der Waals surface area contributed by atoms with Crippen LogP contribution in [0.1, 0.15) is 45.5 Å². The van der Waals surface area contributed by atoms with Crippen molar-refractivity contribution in [3.8, 4) is 22.9 Å². The van der Waals surface area contributed by atoms with E-state index < -0.39 is 17.9 Å². The molecule has 0 unspecified atom stereocenters. The first-order valence-corrected chi connectivity index (χ1v) is 22.0. The number of carboxylic acids is 1. The second-order valence-electron chi connectivity index (χ2n) is 8.57. The van der Waals surface area contributed by atoms with Gasteiger partial charge >= 0.3 is 47.9 Å². The van der Waals surface area contributed by atoms with Crippen molar-refractivity contribution < 1.29 is 58.6 Å². The van der Waals surface area contributed by atoms with Crippen molar-refractivity contribution in [1.82, 2.24) is 15.0 Å². The molecule has 6 aromatic heterocycles. The summed E-state index contributed by atoms with van der Waals surface area (Å²) in [6.45, 7) is 4.18. The fourth-order valence-corrected chi connectivity index (χ4v) is 3.56. The monoisotopic (exact) mass is 845 g/mol. The van der Waals surface area contributed by atoms with Gasteiger partial charge in [-0.1, -0.05) is 18.2 Å². The molecule has 0 aromatic carbocycles. The van der Waals surface area contributed by atoms with Crippen LogP contribution in [0, 0.1) is 6.26 Å². The van der Waals surface area contributed by atoms with E-state index in [1.165, 1.54) is 34.5 Å². The van der Waals surface area contributed by atoms with Gasteiger partial charge in [-0.2, -0.15) is 6.07 Å². The standard InChI is InChI=1S/C12H11NO3.C10H7NO3.C7H7O3.C5H4BrN.BrH.Zn/c1-2-15-12(14)11-7-6-10(16-11)9-5-3-4-8-13-9;12-10(13)9-5-4-8(14-9)7-3-1-2-6-11-7;1-2-9-7(8)6-4-3-5-10-6;6-5-3-1-2-4-7-5;;/h3-8H,2H2,1H3;1-6H,(H,12,13);3-4H,2H2,1H3;1-4H;1H;/q;;-1;;;+2/p-1. The number of rotatable bonds is 7. The summed E-state index contributed by atoms with van der Waals surface area (Å²) in [7, 11) is 0. The molecule has 0 spiro atoms. The van der Waals surface area contributed by atoms with Crippen LogP contribution in [0.5, 0.6) is 0 Å². The Morgan fingerprint density at radius 2 is 1.18 bits per heavy atom. The van der Waals surface area contributed by atoms with Crippen molar-refractivity contribution in [2.45, 2.75) is 13.8 Å². The number of carboxylic acid groups (broad SMARTS) is 1. The molecule has 0 bridgehead atoms. The van der Waals surface area contributed by atoms with Gasteiger partial charge in [0.15, 0.2) is 11.5 Å². The Bertz CT molecular complexity index is 1790. The zero-order valence-corrected chi connectivity index (χ0v) is 32.5. The summed E-state index contributed by atoms with van der Waals surface area (Å²) in [5, 5.41) is 8.63. The molecule has 0 amide bonds. The predicted molar refractivity (Wildman–Crippen MR) is 181 cm³/mol. The van der Waals surface area contributed by atoms with Crippen LogP contribution in [0.4, 0.5) is 0 Å².